The van der Waals surface area contributed by atoms with Crippen molar-refractivity contribution in [2.75, 3.05) is 4.90 Å². The molecule has 0 saturated carbocycles. The van der Waals surface area contributed by atoms with E-state index >= 15 is 0 Å². The van der Waals surface area contributed by atoms with E-state index in [1.54, 1.807) is 0 Å². The van der Waals surface area contributed by atoms with E-state index in [2.05, 4.69) is 181 Å². The zero-order valence-electron chi connectivity index (χ0n) is 26.3. The van der Waals surface area contributed by atoms with Crippen LogP contribution in [-0.4, -0.2) is 0 Å². The predicted octanol–water partition coefficient (Wildman–Crippen LogP) is 13.2. The molecular formula is C46H31NO. The molecule has 1 heterocycles. The monoisotopic (exact) mass is 613 g/mol. The van der Waals surface area contributed by atoms with Crippen molar-refractivity contribution in [1.82, 2.24) is 0 Å². The van der Waals surface area contributed by atoms with Gasteiger partial charge in [-0.05, 0) is 81.1 Å². The quantitative estimate of drug-likeness (QED) is 0.185. The van der Waals surface area contributed by atoms with Gasteiger partial charge in [-0.1, -0.05) is 146 Å². The molecular weight excluding hydrogens is 583 g/mol. The molecule has 0 radical (unpaired) electrons. The highest BCUT2D eigenvalue weighted by Crippen LogP contribution is 2.43. The minimum atomic E-state index is 0.912. The minimum absolute atomic E-state index is 0.912. The molecule has 0 amide bonds. The fourth-order valence-corrected chi connectivity index (χ4v) is 6.93. The van der Waals surface area contributed by atoms with E-state index in [0.717, 1.165) is 39.0 Å². The van der Waals surface area contributed by atoms with Gasteiger partial charge in [0.05, 0.1) is 5.69 Å². The van der Waals surface area contributed by atoms with Crippen LogP contribution in [0.5, 0.6) is 0 Å². The number of rotatable bonds is 6. The molecule has 0 fully saturated rings. The average Bonchev–Trinajstić information content (AvgIpc) is 3.55. The maximum absolute atomic E-state index is 6.21. The number of benzene rings is 8. The number of anilines is 3. The van der Waals surface area contributed by atoms with Gasteiger partial charge >= 0.3 is 0 Å². The molecule has 0 aliphatic carbocycles. The van der Waals surface area contributed by atoms with Gasteiger partial charge in [0.15, 0.2) is 0 Å². The van der Waals surface area contributed by atoms with Crippen LogP contribution in [0.4, 0.5) is 17.1 Å². The Labute approximate surface area is 279 Å². The van der Waals surface area contributed by atoms with Gasteiger partial charge in [0.2, 0.25) is 0 Å². The summed E-state index contributed by atoms with van der Waals surface area (Å²) in [5.74, 6) is 0. The van der Waals surface area contributed by atoms with Crippen LogP contribution < -0.4 is 4.90 Å². The fourth-order valence-electron chi connectivity index (χ4n) is 6.93. The Bertz CT molecular complexity index is 2530. The SMILES string of the molecule is c1ccc(-c2ccc(-c3ccc(N(c4ccc5c(ccc6oc7ccccc7c65)c4)c4ccccc4-c4ccccc4)cc3)cc2)cc1. The Hall–Kier alpha value is -6.38. The maximum Gasteiger partial charge on any atom is 0.136 e. The van der Waals surface area contributed by atoms with Gasteiger partial charge < -0.3 is 9.32 Å². The van der Waals surface area contributed by atoms with Gasteiger partial charge in [0.25, 0.3) is 0 Å². The second-order valence-corrected chi connectivity index (χ2v) is 12.2. The number of fused-ring (bicyclic) bond motifs is 5. The summed E-state index contributed by atoms with van der Waals surface area (Å²) in [6, 6.07) is 66.9. The third-order valence-corrected chi connectivity index (χ3v) is 9.28. The number of furan rings is 1. The molecule has 8 aromatic carbocycles. The highest BCUT2D eigenvalue weighted by molar-refractivity contribution is 6.19. The Balaban J connectivity index is 1.17. The standard InChI is InChI=1S/C46H31NO/c1-3-11-32(12-4-1)33-19-21-34(22-20-33)35-23-26-38(27-24-35)47(43-17-9-7-15-40(43)36-13-5-2-6-14-36)39-28-29-41-37(31-39)25-30-45-46(41)42-16-8-10-18-44(42)48-45/h1-31H. The first-order chi connectivity index (χ1) is 23.8. The molecule has 0 bridgehead atoms. The Morgan fingerprint density at radius 3 is 1.65 bits per heavy atom. The van der Waals surface area contributed by atoms with Crippen LogP contribution in [0.2, 0.25) is 0 Å². The van der Waals surface area contributed by atoms with Crippen molar-refractivity contribution in [3.05, 3.63) is 188 Å². The Kier molecular flexibility index (Phi) is 6.84. The third-order valence-electron chi connectivity index (χ3n) is 9.28. The summed E-state index contributed by atoms with van der Waals surface area (Å²) in [7, 11) is 0. The lowest BCUT2D eigenvalue weighted by molar-refractivity contribution is 0.669. The van der Waals surface area contributed by atoms with Crippen LogP contribution in [0, 0.1) is 0 Å². The van der Waals surface area contributed by atoms with Crippen molar-refractivity contribution in [3.63, 3.8) is 0 Å². The van der Waals surface area contributed by atoms with Crippen molar-refractivity contribution >= 4 is 49.8 Å². The van der Waals surface area contributed by atoms with Crippen molar-refractivity contribution < 1.29 is 4.42 Å². The average molecular weight is 614 g/mol. The Morgan fingerprint density at radius 1 is 0.354 bits per heavy atom. The second kappa shape index (κ2) is 11.8. The summed E-state index contributed by atoms with van der Waals surface area (Å²) in [5.41, 5.74) is 12.3. The molecule has 9 rings (SSSR count). The van der Waals surface area contributed by atoms with Gasteiger partial charge in [-0.3, -0.25) is 0 Å². The van der Waals surface area contributed by atoms with E-state index in [1.807, 2.05) is 12.1 Å². The molecule has 0 saturated heterocycles. The maximum atomic E-state index is 6.21. The first-order valence-corrected chi connectivity index (χ1v) is 16.3. The summed E-state index contributed by atoms with van der Waals surface area (Å²) >= 11 is 0. The van der Waals surface area contributed by atoms with Gasteiger partial charge in [-0.15, -0.1) is 0 Å². The van der Waals surface area contributed by atoms with Crippen LogP contribution in [0.15, 0.2) is 192 Å². The topological polar surface area (TPSA) is 16.4 Å². The van der Waals surface area contributed by atoms with Crippen molar-refractivity contribution in [2.24, 2.45) is 0 Å². The van der Waals surface area contributed by atoms with E-state index < -0.39 is 0 Å². The van der Waals surface area contributed by atoms with Gasteiger partial charge in [-0.25, -0.2) is 0 Å². The molecule has 2 heteroatoms. The summed E-state index contributed by atoms with van der Waals surface area (Å²) in [4.78, 5) is 2.38. The van der Waals surface area contributed by atoms with Crippen LogP contribution in [0.25, 0.3) is 66.1 Å². The zero-order valence-corrected chi connectivity index (χ0v) is 26.3. The molecule has 0 atom stereocenters. The van der Waals surface area contributed by atoms with Crippen LogP contribution in [-0.2, 0) is 0 Å². The lowest BCUT2D eigenvalue weighted by Crippen LogP contribution is -2.11. The molecule has 0 N–H and O–H groups in total. The zero-order chi connectivity index (χ0) is 31.9. The number of para-hydroxylation sites is 2. The first-order valence-electron chi connectivity index (χ1n) is 16.3. The van der Waals surface area contributed by atoms with Gasteiger partial charge in [0, 0.05) is 27.7 Å². The Morgan fingerprint density at radius 2 is 0.917 bits per heavy atom. The molecule has 2 nitrogen and oxygen atoms in total. The molecule has 0 aliphatic rings. The summed E-state index contributed by atoms with van der Waals surface area (Å²) < 4.78 is 6.21. The molecule has 0 unspecified atom stereocenters. The molecule has 1 aromatic heterocycles. The van der Waals surface area contributed by atoms with E-state index in [0.29, 0.717) is 0 Å². The molecule has 0 aliphatic heterocycles. The lowest BCUT2D eigenvalue weighted by atomic mass is 9.99. The van der Waals surface area contributed by atoms with E-state index in [4.69, 9.17) is 4.42 Å². The number of hydrogen-bond acceptors (Lipinski definition) is 2. The van der Waals surface area contributed by atoms with Crippen LogP contribution in [0.3, 0.4) is 0 Å². The first kappa shape index (κ1) is 27.9. The summed E-state index contributed by atoms with van der Waals surface area (Å²) in [5, 5.41) is 4.66. The molecule has 226 valence electrons. The fraction of sp³-hybridized carbons (Fsp3) is 0. The highest BCUT2D eigenvalue weighted by Gasteiger charge is 2.19. The second-order valence-electron chi connectivity index (χ2n) is 12.2. The van der Waals surface area contributed by atoms with E-state index in [1.165, 1.54) is 44.2 Å². The summed E-state index contributed by atoms with van der Waals surface area (Å²) in [6.07, 6.45) is 0. The predicted molar refractivity (Wildman–Crippen MR) is 202 cm³/mol. The smallest absolute Gasteiger partial charge is 0.136 e. The molecule has 48 heavy (non-hydrogen) atoms. The van der Waals surface area contributed by atoms with Crippen molar-refractivity contribution in [3.8, 4) is 33.4 Å². The molecule has 9 aromatic rings. The van der Waals surface area contributed by atoms with E-state index in [9.17, 15) is 0 Å². The van der Waals surface area contributed by atoms with E-state index in [-0.39, 0.29) is 0 Å². The van der Waals surface area contributed by atoms with Crippen LogP contribution >= 0.6 is 0 Å². The number of hydrogen-bond donors (Lipinski definition) is 0. The molecule has 0 spiro atoms. The summed E-state index contributed by atoms with van der Waals surface area (Å²) in [6.45, 7) is 0. The van der Waals surface area contributed by atoms with Crippen molar-refractivity contribution in [1.29, 1.82) is 0 Å². The van der Waals surface area contributed by atoms with Gasteiger partial charge in [-0.2, -0.15) is 0 Å². The lowest BCUT2D eigenvalue weighted by Gasteiger charge is -2.28. The van der Waals surface area contributed by atoms with Gasteiger partial charge in [0.1, 0.15) is 11.2 Å². The minimum Gasteiger partial charge on any atom is -0.456 e. The normalized spacial score (nSPS) is 11.3. The number of nitrogens with zero attached hydrogens (tertiary/aromatic N) is 1. The highest BCUT2D eigenvalue weighted by atomic mass is 16.3. The van der Waals surface area contributed by atoms with Crippen molar-refractivity contribution in [2.45, 2.75) is 0 Å². The van der Waals surface area contributed by atoms with Crippen LogP contribution in [0.1, 0.15) is 0 Å². The largest absolute Gasteiger partial charge is 0.456 e. The third kappa shape index (κ3) is 4.92.